The first-order chi connectivity index (χ1) is 6.83. The van der Waals surface area contributed by atoms with Crippen LogP contribution in [-0.2, 0) is 6.54 Å². The summed E-state index contributed by atoms with van der Waals surface area (Å²) >= 11 is 1.31. The Kier molecular flexibility index (Phi) is 2.60. The van der Waals surface area contributed by atoms with Crippen LogP contribution < -0.4 is 0 Å². The quantitative estimate of drug-likeness (QED) is 0.832. The SMILES string of the molecule is CCn1cncc1C(O)c1ccns1. The Labute approximate surface area is 86.0 Å². The van der Waals surface area contributed by atoms with Crippen LogP contribution in [0.25, 0.3) is 0 Å². The number of rotatable bonds is 3. The normalized spacial score (nSPS) is 13.0. The highest BCUT2D eigenvalue weighted by Gasteiger charge is 2.15. The van der Waals surface area contributed by atoms with Gasteiger partial charge in [-0.3, -0.25) is 0 Å². The molecule has 5 heteroatoms. The predicted octanol–water partition coefficient (Wildman–Crippen LogP) is 1.44. The zero-order chi connectivity index (χ0) is 9.97. The van der Waals surface area contributed by atoms with E-state index in [9.17, 15) is 5.11 Å². The fourth-order valence-electron chi connectivity index (χ4n) is 1.34. The number of aryl methyl sites for hydroxylation is 1. The standard InChI is InChI=1S/C9H11N3OS/c1-2-12-6-10-5-7(12)9(13)8-3-4-11-14-8/h3-6,9,13H,2H2,1H3. The number of aliphatic hydroxyl groups is 1. The first-order valence-electron chi connectivity index (χ1n) is 4.41. The smallest absolute Gasteiger partial charge is 0.131 e. The van der Waals surface area contributed by atoms with Crippen molar-refractivity contribution in [2.45, 2.75) is 19.6 Å². The van der Waals surface area contributed by atoms with E-state index in [4.69, 9.17) is 0 Å². The van der Waals surface area contributed by atoms with Gasteiger partial charge in [-0.05, 0) is 24.5 Å². The van der Waals surface area contributed by atoms with Gasteiger partial charge in [0.05, 0.1) is 23.1 Å². The van der Waals surface area contributed by atoms with Crippen molar-refractivity contribution in [1.82, 2.24) is 13.9 Å². The third-order valence-corrected chi connectivity index (χ3v) is 2.89. The molecule has 1 N–H and O–H groups in total. The van der Waals surface area contributed by atoms with E-state index in [-0.39, 0.29) is 0 Å². The summed E-state index contributed by atoms with van der Waals surface area (Å²) in [4.78, 5) is 4.86. The molecule has 0 aliphatic rings. The van der Waals surface area contributed by atoms with Gasteiger partial charge in [0.1, 0.15) is 6.10 Å². The molecule has 1 unspecified atom stereocenters. The highest BCUT2D eigenvalue weighted by Crippen LogP contribution is 2.23. The molecule has 0 aliphatic carbocycles. The molecule has 14 heavy (non-hydrogen) atoms. The molecule has 0 spiro atoms. The fraction of sp³-hybridized carbons (Fsp3) is 0.333. The van der Waals surface area contributed by atoms with E-state index in [0.29, 0.717) is 0 Å². The van der Waals surface area contributed by atoms with Gasteiger partial charge in [0.25, 0.3) is 0 Å². The van der Waals surface area contributed by atoms with Gasteiger partial charge in [-0.15, -0.1) is 0 Å². The molecule has 0 saturated heterocycles. The Balaban J connectivity index is 2.31. The van der Waals surface area contributed by atoms with E-state index < -0.39 is 6.10 Å². The van der Waals surface area contributed by atoms with Crippen molar-refractivity contribution in [1.29, 1.82) is 0 Å². The monoisotopic (exact) mass is 209 g/mol. The van der Waals surface area contributed by atoms with Gasteiger partial charge >= 0.3 is 0 Å². The van der Waals surface area contributed by atoms with Crippen LogP contribution in [0.3, 0.4) is 0 Å². The van der Waals surface area contributed by atoms with Crippen LogP contribution >= 0.6 is 11.5 Å². The molecule has 0 aromatic carbocycles. The number of nitrogens with zero attached hydrogens (tertiary/aromatic N) is 3. The third kappa shape index (κ3) is 1.56. The molecule has 0 amide bonds. The summed E-state index contributed by atoms with van der Waals surface area (Å²) in [7, 11) is 0. The second kappa shape index (κ2) is 3.89. The molecular weight excluding hydrogens is 198 g/mol. The van der Waals surface area contributed by atoms with Gasteiger partial charge < -0.3 is 9.67 Å². The maximum absolute atomic E-state index is 9.99. The van der Waals surface area contributed by atoms with Crippen LogP contribution in [0, 0.1) is 0 Å². The minimum absolute atomic E-state index is 0.607. The lowest BCUT2D eigenvalue weighted by Crippen LogP contribution is -2.05. The second-order valence-corrected chi connectivity index (χ2v) is 3.79. The van der Waals surface area contributed by atoms with Gasteiger partial charge in [0.15, 0.2) is 0 Å². The molecule has 0 radical (unpaired) electrons. The summed E-state index contributed by atoms with van der Waals surface area (Å²) in [5.74, 6) is 0. The Morgan fingerprint density at radius 3 is 3.14 bits per heavy atom. The van der Waals surface area contributed by atoms with Crippen molar-refractivity contribution >= 4 is 11.5 Å². The first kappa shape index (κ1) is 9.36. The van der Waals surface area contributed by atoms with Crippen LogP contribution in [0.4, 0.5) is 0 Å². The molecule has 0 saturated carbocycles. The molecular formula is C9H11N3OS. The lowest BCUT2D eigenvalue weighted by Gasteiger charge is -2.09. The third-order valence-electron chi connectivity index (χ3n) is 2.09. The summed E-state index contributed by atoms with van der Waals surface area (Å²) in [6.45, 7) is 2.83. The van der Waals surface area contributed by atoms with Crippen LogP contribution in [0.2, 0.25) is 0 Å². The Morgan fingerprint density at radius 1 is 1.64 bits per heavy atom. The number of hydrogen-bond donors (Lipinski definition) is 1. The van der Waals surface area contributed by atoms with Crippen LogP contribution in [0.5, 0.6) is 0 Å². The maximum atomic E-state index is 9.99. The Morgan fingerprint density at radius 2 is 2.50 bits per heavy atom. The number of imidazole rings is 1. The number of aromatic nitrogens is 3. The maximum Gasteiger partial charge on any atom is 0.131 e. The van der Waals surface area contributed by atoms with E-state index in [2.05, 4.69) is 9.36 Å². The average molecular weight is 209 g/mol. The Hall–Kier alpha value is -1.20. The Bertz CT molecular complexity index is 396. The van der Waals surface area contributed by atoms with E-state index in [1.807, 2.05) is 17.6 Å². The van der Waals surface area contributed by atoms with E-state index in [0.717, 1.165) is 17.1 Å². The van der Waals surface area contributed by atoms with Gasteiger partial charge in [0, 0.05) is 12.7 Å². The molecule has 0 bridgehead atoms. The van der Waals surface area contributed by atoms with Crippen molar-refractivity contribution < 1.29 is 5.11 Å². The van der Waals surface area contributed by atoms with Crippen molar-refractivity contribution in [3.63, 3.8) is 0 Å². The molecule has 0 aliphatic heterocycles. The van der Waals surface area contributed by atoms with Crippen molar-refractivity contribution in [2.24, 2.45) is 0 Å². The molecule has 2 heterocycles. The fourth-order valence-corrected chi connectivity index (χ4v) is 1.92. The summed E-state index contributed by atoms with van der Waals surface area (Å²) in [5, 5.41) is 9.99. The van der Waals surface area contributed by atoms with Crippen LogP contribution in [0.1, 0.15) is 23.6 Å². The number of hydrogen-bond acceptors (Lipinski definition) is 4. The van der Waals surface area contributed by atoms with Gasteiger partial charge in [0.2, 0.25) is 0 Å². The van der Waals surface area contributed by atoms with E-state index >= 15 is 0 Å². The topological polar surface area (TPSA) is 50.9 Å². The molecule has 2 rings (SSSR count). The molecule has 4 nitrogen and oxygen atoms in total. The molecule has 2 aromatic heterocycles. The highest BCUT2D eigenvalue weighted by atomic mass is 32.1. The average Bonchev–Trinajstić information content (AvgIpc) is 2.87. The lowest BCUT2D eigenvalue weighted by atomic mass is 10.2. The molecule has 74 valence electrons. The number of aliphatic hydroxyl groups excluding tert-OH is 1. The van der Waals surface area contributed by atoms with E-state index in [1.165, 1.54) is 11.5 Å². The minimum Gasteiger partial charge on any atom is -0.381 e. The van der Waals surface area contributed by atoms with Crippen molar-refractivity contribution in [3.05, 3.63) is 35.4 Å². The summed E-state index contributed by atoms with van der Waals surface area (Å²) in [6.07, 6.45) is 4.49. The largest absolute Gasteiger partial charge is 0.381 e. The van der Waals surface area contributed by atoms with Gasteiger partial charge in [-0.1, -0.05) is 0 Å². The van der Waals surface area contributed by atoms with Crippen molar-refractivity contribution in [3.8, 4) is 0 Å². The van der Waals surface area contributed by atoms with Gasteiger partial charge in [-0.2, -0.15) is 0 Å². The molecule has 0 fully saturated rings. The first-order valence-corrected chi connectivity index (χ1v) is 5.19. The van der Waals surface area contributed by atoms with Crippen molar-refractivity contribution in [2.75, 3.05) is 0 Å². The van der Waals surface area contributed by atoms with Crippen LogP contribution in [0.15, 0.2) is 24.8 Å². The van der Waals surface area contributed by atoms with Crippen LogP contribution in [-0.4, -0.2) is 19.0 Å². The highest BCUT2D eigenvalue weighted by molar-refractivity contribution is 7.05. The summed E-state index contributed by atoms with van der Waals surface area (Å²) < 4.78 is 5.88. The summed E-state index contributed by atoms with van der Waals surface area (Å²) in [5.41, 5.74) is 0.816. The van der Waals surface area contributed by atoms with Gasteiger partial charge in [-0.25, -0.2) is 9.36 Å². The lowest BCUT2D eigenvalue weighted by molar-refractivity contribution is 0.214. The minimum atomic E-state index is -0.607. The predicted molar refractivity (Wildman–Crippen MR) is 54.1 cm³/mol. The zero-order valence-corrected chi connectivity index (χ0v) is 8.61. The summed E-state index contributed by atoms with van der Waals surface area (Å²) in [6, 6.07) is 1.82. The second-order valence-electron chi connectivity index (χ2n) is 2.92. The zero-order valence-electron chi connectivity index (χ0n) is 7.79. The van der Waals surface area contributed by atoms with E-state index in [1.54, 1.807) is 18.7 Å². The molecule has 2 aromatic rings. The molecule has 1 atom stereocenters.